The Morgan fingerprint density at radius 3 is 2.35 bits per heavy atom. The number of ether oxygens (including phenoxy) is 2. The van der Waals surface area contributed by atoms with Crippen molar-refractivity contribution in [2.24, 2.45) is 5.41 Å². The Balaban J connectivity index is 2.31. The topological polar surface area (TPSA) is 134 Å². The van der Waals surface area contributed by atoms with Gasteiger partial charge in [0, 0.05) is 17.1 Å². The summed E-state index contributed by atoms with van der Waals surface area (Å²) in [6, 6.07) is 12.6. The summed E-state index contributed by atoms with van der Waals surface area (Å²) in [4.78, 5) is 36.1. The molecular formula is C22H24N2O7. The molecule has 31 heavy (non-hydrogen) atoms. The van der Waals surface area contributed by atoms with Crippen LogP contribution < -0.4 is 15.5 Å². The van der Waals surface area contributed by atoms with Crippen molar-refractivity contribution in [2.45, 2.75) is 20.0 Å². The highest BCUT2D eigenvalue weighted by molar-refractivity contribution is 6.02. The van der Waals surface area contributed by atoms with Crippen molar-refractivity contribution in [2.75, 3.05) is 7.11 Å². The Morgan fingerprint density at radius 1 is 1.10 bits per heavy atom. The molecular weight excluding hydrogens is 404 g/mol. The van der Waals surface area contributed by atoms with Crippen LogP contribution in [-0.4, -0.2) is 35.3 Å². The molecule has 0 radical (unpaired) electrons. The van der Waals surface area contributed by atoms with E-state index >= 15 is 0 Å². The van der Waals surface area contributed by atoms with E-state index in [1.165, 1.54) is 30.8 Å². The molecule has 4 N–H and O–H groups in total. The third-order valence-electron chi connectivity index (χ3n) is 4.43. The highest BCUT2D eigenvalue weighted by atomic mass is 16.6. The number of rotatable bonds is 7. The van der Waals surface area contributed by atoms with Gasteiger partial charge in [-0.25, -0.2) is 10.3 Å². The molecule has 9 heteroatoms. The van der Waals surface area contributed by atoms with E-state index in [-0.39, 0.29) is 17.1 Å². The van der Waals surface area contributed by atoms with Gasteiger partial charge in [-0.15, -0.1) is 0 Å². The van der Waals surface area contributed by atoms with Crippen LogP contribution in [0.25, 0.3) is 0 Å². The van der Waals surface area contributed by atoms with E-state index in [1.807, 2.05) is 0 Å². The second kappa shape index (κ2) is 10.3. The Hall–Kier alpha value is -3.85. The van der Waals surface area contributed by atoms with Gasteiger partial charge in [-0.05, 0) is 29.8 Å². The molecule has 3 amide bonds. The fourth-order valence-electron chi connectivity index (χ4n) is 2.83. The summed E-state index contributed by atoms with van der Waals surface area (Å²) in [5.41, 5.74) is 1.16. The first-order valence-electron chi connectivity index (χ1n) is 9.25. The zero-order valence-corrected chi connectivity index (χ0v) is 17.3. The van der Waals surface area contributed by atoms with Crippen LogP contribution in [-0.2, 0) is 9.53 Å². The molecule has 0 aromatic heterocycles. The van der Waals surface area contributed by atoms with Crippen molar-refractivity contribution >= 4 is 17.9 Å². The largest absolute Gasteiger partial charge is 0.504 e. The molecule has 2 rings (SSSR count). The fraction of sp³-hybridized carbons (Fsp3) is 0.227. The minimum Gasteiger partial charge on any atom is -0.504 e. The maximum absolute atomic E-state index is 12.5. The first kappa shape index (κ1) is 23.4. The lowest BCUT2D eigenvalue weighted by Crippen LogP contribution is -2.35. The van der Waals surface area contributed by atoms with Gasteiger partial charge < -0.3 is 14.6 Å². The number of amides is 3. The fourth-order valence-corrected chi connectivity index (χ4v) is 2.83. The molecule has 2 aromatic carbocycles. The van der Waals surface area contributed by atoms with E-state index in [0.717, 1.165) is 6.08 Å². The third kappa shape index (κ3) is 6.31. The highest BCUT2D eigenvalue weighted by Gasteiger charge is 2.33. The lowest BCUT2D eigenvalue weighted by Gasteiger charge is -2.31. The van der Waals surface area contributed by atoms with Gasteiger partial charge in [-0.1, -0.05) is 44.2 Å². The normalized spacial score (nSPS) is 12.1. The summed E-state index contributed by atoms with van der Waals surface area (Å²) in [6.07, 6.45) is 0.474. The quantitative estimate of drug-likeness (QED) is 0.302. The first-order valence-corrected chi connectivity index (χ1v) is 9.25. The zero-order valence-electron chi connectivity index (χ0n) is 17.3. The molecule has 2 aromatic rings. The van der Waals surface area contributed by atoms with Gasteiger partial charge >= 0.3 is 6.09 Å². The van der Waals surface area contributed by atoms with Gasteiger partial charge in [-0.3, -0.25) is 20.1 Å². The molecule has 0 unspecified atom stereocenters. The number of alkyl carbamates (subject to hydrolysis) is 1. The Bertz CT molecular complexity index is 971. The summed E-state index contributed by atoms with van der Waals surface area (Å²) in [5.74, 6) is -1.37. The van der Waals surface area contributed by atoms with Gasteiger partial charge in [-0.2, -0.15) is 0 Å². The molecule has 0 fully saturated rings. The van der Waals surface area contributed by atoms with E-state index in [0.29, 0.717) is 5.56 Å². The molecule has 1 atom stereocenters. The Kier molecular flexibility index (Phi) is 7.75. The lowest BCUT2D eigenvalue weighted by atomic mass is 9.82. The van der Waals surface area contributed by atoms with Crippen molar-refractivity contribution in [3.05, 3.63) is 71.8 Å². The minimum absolute atomic E-state index is 0.178. The van der Waals surface area contributed by atoms with Crippen LogP contribution in [0, 0.1) is 5.41 Å². The van der Waals surface area contributed by atoms with Gasteiger partial charge in [0.25, 0.3) is 11.8 Å². The number of carbonyl (C=O) groups excluding carboxylic acids is 3. The predicted octanol–water partition coefficient (Wildman–Crippen LogP) is 3.10. The summed E-state index contributed by atoms with van der Waals surface area (Å²) < 4.78 is 10.6. The van der Waals surface area contributed by atoms with Crippen molar-refractivity contribution in [3.8, 4) is 11.5 Å². The average Bonchev–Trinajstić information content (AvgIpc) is 2.76. The highest BCUT2D eigenvalue weighted by Crippen LogP contribution is 2.40. The van der Waals surface area contributed by atoms with Crippen LogP contribution in [0.5, 0.6) is 11.5 Å². The molecule has 0 heterocycles. The summed E-state index contributed by atoms with van der Waals surface area (Å²) in [6.45, 7) is 3.35. The van der Waals surface area contributed by atoms with Crippen LogP contribution in [0.3, 0.4) is 0 Å². The number of hydrogen-bond acceptors (Lipinski definition) is 7. The summed E-state index contributed by atoms with van der Waals surface area (Å²) >= 11 is 0. The molecule has 0 aliphatic carbocycles. The zero-order chi connectivity index (χ0) is 23.0. The number of phenolic OH excluding ortho intramolecular Hbond substituents is 1. The molecule has 0 spiro atoms. The number of benzene rings is 2. The first-order chi connectivity index (χ1) is 14.7. The number of methoxy groups -OCH3 is 1. The Morgan fingerprint density at radius 2 is 1.77 bits per heavy atom. The molecule has 0 bridgehead atoms. The number of carbonyl (C=O) groups is 3. The predicted molar refractivity (Wildman–Crippen MR) is 111 cm³/mol. The van der Waals surface area contributed by atoms with Gasteiger partial charge in [0.2, 0.25) is 0 Å². The number of imide groups is 1. The van der Waals surface area contributed by atoms with E-state index in [1.54, 1.807) is 50.2 Å². The summed E-state index contributed by atoms with van der Waals surface area (Å²) in [7, 11) is 1.39. The van der Waals surface area contributed by atoms with Crippen molar-refractivity contribution < 1.29 is 34.2 Å². The van der Waals surface area contributed by atoms with E-state index in [4.69, 9.17) is 14.7 Å². The third-order valence-corrected chi connectivity index (χ3v) is 4.43. The van der Waals surface area contributed by atoms with E-state index < -0.39 is 29.4 Å². The lowest BCUT2D eigenvalue weighted by molar-refractivity contribution is -0.124. The van der Waals surface area contributed by atoms with Gasteiger partial charge in [0.15, 0.2) is 11.5 Å². The van der Waals surface area contributed by atoms with Crippen LogP contribution in [0.2, 0.25) is 0 Å². The number of aromatic hydroxyl groups is 1. The van der Waals surface area contributed by atoms with Crippen molar-refractivity contribution in [1.82, 2.24) is 10.8 Å². The Labute approximate surface area is 179 Å². The van der Waals surface area contributed by atoms with Gasteiger partial charge in [0.1, 0.15) is 6.10 Å². The van der Waals surface area contributed by atoms with Crippen LogP contribution in [0.1, 0.15) is 35.9 Å². The van der Waals surface area contributed by atoms with Crippen LogP contribution in [0.4, 0.5) is 4.79 Å². The number of nitrogens with one attached hydrogen (secondary N) is 2. The van der Waals surface area contributed by atoms with Crippen LogP contribution >= 0.6 is 0 Å². The van der Waals surface area contributed by atoms with Crippen molar-refractivity contribution in [3.63, 3.8) is 0 Å². The average molecular weight is 428 g/mol. The molecule has 164 valence electrons. The smallest absolute Gasteiger partial charge is 0.414 e. The maximum Gasteiger partial charge on any atom is 0.414 e. The number of hydrogen-bond donors (Lipinski definition) is 4. The SMILES string of the molecule is COc1ccc([C@H](OC(=O)NC(=O)c2ccccc2)C(C)(C)/C=C/C(=O)NO)cc1O. The molecule has 0 saturated carbocycles. The molecule has 0 aliphatic rings. The number of hydroxylamine groups is 1. The van der Waals surface area contributed by atoms with Crippen molar-refractivity contribution in [1.29, 1.82) is 0 Å². The monoisotopic (exact) mass is 428 g/mol. The maximum atomic E-state index is 12.5. The van der Waals surface area contributed by atoms with E-state index in [9.17, 15) is 19.5 Å². The van der Waals surface area contributed by atoms with Crippen LogP contribution in [0.15, 0.2) is 60.7 Å². The number of phenols is 1. The molecule has 0 saturated heterocycles. The molecule has 9 nitrogen and oxygen atoms in total. The van der Waals surface area contributed by atoms with Gasteiger partial charge in [0.05, 0.1) is 7.11 Å². The second-order valence-electron chi connectivity index (χ2n) is 7.17. The van der Waals surface area contributed by atoms with E-state index in [2.05, 4.69) is 5.32 Å². The second-order valence-corrected chi connectivity index (χ2v) is 7.17. The minimum atomic E-state index is -1.02. The molecule has 0 aliphatic heterocycles. The summed E-state index contributed by atoms with van der Waals surface area (Å²) in [5, 5.41) is 21.0. The standard InChI is InChI=1S/C22H24N2O7/c1-22(2,12-11-18(26)24-29)19(15-9-10-17(30-3)16(25)13-15)31-21(28)23-20(27)14-7-5-4-6-8-14/h4-13,19,25,29H,1-3H3,(H,24,26)(H,23,27,28)/b12-11+/t19-/m0/s1.